The van der Waals surface area contributed by atoms with Gasteiger partial charge in [0.1, 0.15) is 0 Å². The van der Waals surface area contributed by atoms with Crippen LogP contribution >= 0.6 is 0 Å². The molecule has 0 radical (unpaired) electrons. The Balaban J connectivity index is 1.52. The van der Waals surface area contributed by atoms with Crippen molar-refractivity contribution in [3.05, 3.63) is 53.9 Å². The second-order valence-electron chi connectivity index (χ2n) is 6.64. The highest BCUT2D eigenvalue weighted by Gasteiger charge is 2.16. The Labute approximate surface area is 148 Å². The van der Waals surface area contributed by atoms with Gasteiger partial charge in [0.25, 0.3) is 5.91 Å². The molecule has 25 heavy (non-hydrogen) atoms. The van der Waals surface area contributed by atoms with Gasteiger partial charge in [0.05, 0.1) is 6.10 Å². The van der Waals surface area contributed by atoms with Gasteiger partial charge in [0.15, 0.2) is 0 Å². The summed E-state index contributed by atoms with van der Waals surface area (Å²) in [6.45, 7) is 4.94. The van der Waals surface area contributed by atoms with Crippen LogP contribution in [-0.2, 0) is 0 Å². The number of aliphatic hydroxyl groups is 1. The van der Waals surface area contributed by atoms with E-state index in [1.807, 2.05) is 37.4 Å². The van der Waals surface area contributed by atoms with Crippen molar-refractivity contribution in [3.63, 3.8) is 0 Å². The lowest BCUT2D eigenvalue weighted by Crippen LogP contribution is -2.39. The maximum Gasteiger partial charge on any atom is 0.251 e. The number of carbonyl (C=O) groups excluding carboxylic acids is 1. The quantitative estimate of drug-likeness (QED) is 0.847. The monoisotopic (exact) mass is 339 g/mol. The number of β-amino-alcohol motifs (C(OH)–C–C–N with tert-alkyl or cyclic N) is 1. The van der Waals surface area contributed by atoms with Crippen molar-refractivity contribution >= 4 is 5.91 Å². The van der Waals surface area contributed by atoms with Gasteiger partial charge in [0.2, 0.25) is 0 Å². The lowest BCUT2D eigenvalue weighted by Gasteiger charge is -2.19. The number of aliphatic hydroxyl groups excluding tert-OH is 1. The predicted molar refractivity (Wildman–Crippen MR) is 98.4 cm³/mol. The first kappa shape index (κ1) is 17.6. The van der Waals surface area contributed by atoms with Crippen LogP contribution in [0.25, 0.3) is 11.1 Å². The van der Waals surface area contributed by atoms with E-state index in [1.165, 1.54) is 12.8 Å². The predicted octanol–water partition coefficient (Wildman–Crippen LogP) is 2.24. The maximum atomic E-state index is 12.2. The topological polar surface area (TPSA) is 65.5 Å². The molecule has 2 heterocycles. The molecule has 1 aliphatic rings. The standard InChI is InChI=1S/C20H25N3O2/c1-15-4-5-18(12-21-15)16-6-8-17(9-7-16)20(25)22-13-19(24)14-23-10-2-3-11-23/h4-9,12,19,24H,2-3,10-11,13-14H2,1H3,(H,22,25)/t19-/m0/s1. The normalized spacial score (nSPS) is 15.9. The summed E-state index contributed by atoms with van der Waals surface area (Å²) in [5.41, 5.74) is 3.63. The van der Waals surface area contributed by atoms with Crippen molar-refractivity contribution < 1.29 is 9.90 Å². The lowest BCUT2D eigenvalue weighted by molar-refractivity contribution is 0.0879. The molecule has 132 valence electrons. The number of hydrogen-bond acceptors (Lipinski definition) is 4. The third-order valence-corrected chi connectivity index (χ3v) is 4.56. The molecule has 1 saturated heterocycles. The number of nitrogens with one attached hydrogen (secondary N) is 1. The zero-order valence-electron chi connectivity index (χ0n) is 14.6. The van der Waals surface area contributed by atoms with E-state index in [0.717, 1.165) is 29.9 Å². The summed E-state index contributed by atoms with van der Waals surface area (Å²) < 4.78 is 0. The first-order valence-corrected chi connectivity index (χ1v) is 8.83. The van der Waals surface area contributed by atoms with Crippen molar-refractivity contribution in [1.82, 2.24) is 15.2 Å². The molecule has 1 aromatic carbocycles. The van der Waals surface area contributed by atoms with Crippen LogP contribution in [0.5, 0.6) is 0 Å². The van der Waals surface area contributed by atoms with E-state index in [1.54, 1.807) is 12.1 Å². The molecular formula is C20H25N3O2. The van der Waals surface area contributed by atoms with E-state index in [9.17, 15) is 9.90 Å². The largest absolute Gasteiger partial charge is 0.390 e. The average Bonchev–Trinajstić information content (AvgIpc) is 3.13. The SMILES string of the molecule is Cc1ccc(-c2ccc(C(=O)NC[C@H](O)CN3CCCC3)cc2)cn1. The number of nitrogens with zero attached hydrogens (tertiary/aromatic N) is 2. The minimum Gasteiger partial charge on any atom is -0.390 e. The Morgan fingerprint density at radius 3 is 2.48 bits per heavy atom. The molecule has 0 unspecified atom stereocenters. The van der Waals surface area contributed by atoms with Crippen LogP contribution in [0.3, 0.4) is 0 Å². The molecular weight excluding hydrogens is 314 g/mol. The van der Waals surface area contributed by atoms with Gasteiger partial charge in [-0.25, -0.2) is 0 Å². The van der Waals surface area contributed by atoms with Gasteiger partial charge in [0, 0.05) is 36.1 Å². The fourth-order valence-electron chi connectivity index (χ4n) is 3.09. The maximum absolute atomic E-state index is 12.2. The van der Waals surface area contributed by atoms with E-state index in [4.69, 9.17) is 0 Å². The van der Waals surface area contributed by atoms with Crippen LogP contribution in [0.1, 0.15) is 28.9 Å². The fraction of sp³-hybridized carbons (Fsp3) is 0.400. The van der Waals surface area contributed by atoms with Crippen LogP contribution in [0, 0.1) is 6.92 Å². The van der Waals surface area contributed by atoms with E-state index in [-0.39, 0.29) is 12.5 Å². The van der Waals surface area contributed by atoms with Crippen molar-refractivity contribution in [1.29, 1.82) is 0 Å². The molecule has 1 aromatic heterocycles. The first-order chi connectivity index (χ1) is 12.1. The Morgan fingerprint density at radius 1 is 1.16 bits per heavy atom. The van der Waals surface area contributed by atoms with Crippen LogP contribution in [0.15, 0.2) is 42.6 Å². The molecule has 3 rings (SSSR count). The third kappa shape index (κ3) is 4.87. The van der Waals surface area contributed by atoms with Crippen molar-refractivity contribution in [2.24, 2.45) is 0 Å². The highest BCUT2D eigenvalue weighted by Crippen LogP contribution is 2.19. The molecule has 0 bridgehead atoms. The molecule has 2 aromatic rings. The Bertz CT molecular complexity index is 692. The Kier molecular flexibility index (Phi) is 5.79. The minimum atomic E-state index is -0.528. The molecule has 1 aliphatic heterocycles. The molecule has 1 fully saturated rings. The first-order valence-electron chi connectivity index (χ1n) is 8.83. The van der Waals surface area contributed by atoms with Gasteiger partial charge in [-0.3, -0.25) is 9.78 Å². The molecule has 5 heteroatoms. The molecule has 0 saturated carbocycles. The zero-order chi connectivity index (χ0) is 17.6. The summed E-state index contributed by atoms with van der Waals surface area (Å²) >= 11 is 0. The van der Waals surface area contributed by atoms with Gasteiger partial charge in [-0.1, -0.05) is 18.2 Å². The fourth-order valence-corrected chi connectivity index (χ4v) is 3.09. The van der Waals surface area contributed by atoms with E-state index < -0.39 is 6.10 Å². The second-order valence-corrected chi connectivity index (χ2v) is 6.64. The Morgan fingerprint density at radius 2 is 1.84 bits per heavy atom. The van der Waals surface area contributed by atoms with Crippen molar-refractivity contribution in [2.45, 2.75) is 25.9 Å². The van der Waals surface area contributed by atoms with E-state index >= 15 is 0 Å². The smallest absolute Gasteiger partial charge is 0.251 e. The van der Waals surface area contributed by atoms with Gasteiger partial charge in [-0.2, -0.15) is 0 Å². The summed E-state index contributed by atoms with van der Waals surface area (Å²) in [4.78, 5) is 18.8. The van der Waals surface area contributed by atoms with Crippen molar-refractivity contribution in [3.8, 4) is 11.1 Å². The zero-order valence-corrected chi connectivity index (χ0v) is 14.6. The lowest BCUT2D eigenvalue weighted by atomic mass is 10.1. The molecule has 0 aliphatic carbocycles. The number of benzene rings is 1. The third-order valence-electron chi connectivity index (χ3n) is 4.56. The number of amides is 1. The van der Waals surface area contributed by atoms with Crippen LogP contribution < -0.4 is 5.32 Å². The molecule has 1 amide bonds. The minimum absolute atomic E-state index is 0.158. The summed E-state index contributed by atoms with van der Waals surface area (Å²) in [5.74, 6) is -0.158. The highest BCUT2D eigenvalue weighted by atomic mass is 16.3. The van der Waals surface area contributed by atoms with Crippen molar-refractivity contribution in [2.75, 3.05) is 26.2 Å². The number of carbonyl (C=O) groups is 1. The van der Waals surface area contributed by atoms with E-state index in [0.29, 0.717) is 12.1 Å². The van der Waals surface area contributed by atoms with Crippen LogP contribution in [0.4, 0.5) is 0 Å². The number of hydrogen-bond donors (Lipinski definition) is 2. The Hall–Kier alpha value is -2.24. The number of aryl methyl sites for hydroxylation is 1. The van der Waals surface area contributed by atoms with Crippen LogP contribution in [-0.4, -0.2) is 53.2 Å². The number of pyridine rings is 1. The highest BCUT2D eigenvalue weighted by molar-refractivity contribution is 5.94. The number of likely N-dealkylation sites (tertiary alicyclic amines) is 1. The summed E-state index contributed by atoms with van der Waals surface area (Å²) in [7, 11) is 0. The summed E-state index contributed by atoms with van der Waals surface area (Å²) in [5, 5.41) is 12.9. The molecule has 0 spiro atoms. The average molecular weight is 339 g/mol. The molecule has 2 N–H and O–H groups in total. The number of rotatable bonds is 6. The molecule has 1 atom stereocenters. The summed E-state index contributed by atoms with van der Waals surface area (Å²) in [6.07, 6.45) is 3.70. The number of aromatic nitrogens is 1. The second kappa shape index (κ2) is 8.23. The molecule has 5 nitrogen and oxygen atoms in total. The van der Waals surface area contributed by atoms with Gasteiger partial charge < -0.3 is 15.3 Å². The summed E-state index contributed by atoms with van der Waals surface area (Å²) in [6, 6.07) is 11.4. The van der Waals surface area contributed by atoms with Gasteiger partial charge >= 0.3 is 0 Å². The van der Waals surface area contributed by atoms with Gasteiger partial charge in [-0.05, 0) is 56.6 Å². The van der Waals surface area contributed by atoms with Crippen LogP contribution in [0.2, 0.25) is 0 Å². The van der Waals surface area contributed by atoms with E-state index in [2.05, 4.69) is 15.2 Å². The van der Waals surface area contributed by atoms with Gasteiger partial charge in [-0.15, -0.1) is 0 Å².